The van der Waals surface area contributed by atoms with Crippen molar-refractivity contribution < 1.29 is 9.15 Å². The van der Waals surface area contributed by atoms with Crippen molar-refractivity contribution in [2.75, 3.05) is 12.0 Å². The molecule has 0 aliphatic heterocycles. The molecule has 0 atom stereocenters. The molecule has 3 aromatic rings. The lowest BCUT2D eigenvalue weighted by atomic mass is 10.1. The molecule has 0 aliphatic rings. The van der Waals surface area contributed by atoms with Gasteiger partial charge in [-0.3, -0.25) is 5.43 Å². The highest BCUT2D eigenvalue weighted by Gasteiger charge is 2.09. The zero-order valence-electron chi connectivity index (χ0n) is 12.9. The van der Waals surface area contributed by atoms with Gasteiger partial charge in [0.25, 0.3) is 0 Å². The van der Waals surface area contributed by atoms with Crippen molar-refractivity contribution in [2.24, 2.45) is 5.10 Å². The third kappa shape index (κ3) is 3.78. The summed E-state index contributed by atoms with van der Waals surface area (Å²) in [6.45, 7) is 4.68. The van der Waals surface area contributed by atoms with Crippen molar-refractivity contribution in [3.63, 3.8) is 0 Å². The van der Waals surface area contributed by atoms with Crippen LogP contribution < -0.4 is 10.2 Å². The highest BCUT2D eigenvalue weighted by molar-refractivity contribution is 7.15. The zero-order valence-corrected chi connectivity index (χ0v) is 13.8. The smallest absolute Gasteiger partial charge is 0.204 e. The molecule has 0 spiro atoms. The summed E-state index contributed by atoms with van der Waals surface area (Å²) in [7, 11) is 0. The van der Waals surface area contributed by atoms with E-state index < -0.39 is 0 Å². The number of hydrogen-bond donors (Lipinski definition) is 1. The second kappa shape index (κ2) is 7.11. The van der Waals surface area contributed by atoms with Crippen molar-refractivity contribution >= 4 is 22.7 Å². The van der Waals surface area contributed by atoms with Crippen LogP contribution in [0.25, 0.3) is 11.3 Å². The third-order valence-electron chi connectivity index (χ3n) is 3.13. The van der Waals surface area contributed by atoms with Gasteiger partial charge in [0.15, 0.2) is 0 Å². The van der Waals surface area contributed by atoms with E-state index in [0.717, 1.165) is 27.0 Å². The lowest BCUT2D eigenvalue weighted by Gasteiger charge is -2.03. The topological polar surface area (TPSA) is 59.6 Å². The number of ether oxygens (including phenoxy) is 1. The minimum atomic E-state index is 0.664. The van der Waals surface area contributed by atoms with Gasteiger partial charge in [0, 0.05) is 10.4 Å². The fourth-order valence-electron chi connectivity index (χ4n) is 2.10. The summed E-state index contributed by atoms with van der Waals surface area (Å²) < 4.78 is 10.6. The summed E-state index contributed by atoms with van der Waals surface area (Å²) >= 11 is 1.56. The van der Waals surface area contributed by atoms with Crippen LogP contribution >= 0.6 is 11.3 Å². The first-order valence-electron chi connectivity index (χ1n) is 7.29. The first-order chi connectivity index (χ1) is 11.3. The Morgan fingerprint density at radius 1 is 1.30 bits per heavy atom. The van der Waals surface area contributed by atoms with Crippen molar-refractivity contribution in [1.29, 1.82) is 0 Å². The fourth-order valence-corrected chi connectivity index (χ4v) is 2.89. The number of hydrazone groups is 1. The van der Waals surface area contributed by atoms with Crippen molar-refractivity contribution in [1.82, 2.24) is 4.98 Å². The van der Waals surface area contributed by atoms with E-state index >= 15 is 0 Å². The normalized spacial score (nSPS) is 11.0. The number of nitrogens with one attached hydrogen (secondary N) is 1. The molecular weight excluding hydrogens is 310 g/mol. The molecular formula is C17H17N3O2S. The monoisotopic (exact) mass is 327 g/mol. The molecule has 0 amide bonds. The van der Waals surface area contributed by atoms with Crippen molar-refractivity contribution in [2.45, 2.75) is 13.8 Å². The van der Waals surface area contributed by atoms with Gasteiger partial charge < -0.3 is 9.15 Å². The molecule has 23 heavy (non-hydrogen) atoms. The van der Waals surface area contributed by atoms with Crippen LogP contribution in [0.3, 0.4) is 0 Å². The average Bonchev–Trinajstić information content (AvgIpc) is 3.19. The predicted molar refractivity (Wildman–Crippen MR) is 93.4 cm³/mol. The highest BCUT2D eigenvalue weighted by Crippen LogP contribution is 2.31. The Kier molecular flexibility index (Phi) is 4.73. The third-order valence-corrected chi connectivity index (χ3v) is 4.01. The van der Waals surface area contributed by atoms with Gasteiger partial charge in [0.2, 0.25) is 5.13 Å². The summed E-state index contributed by atoms with van der Waals surface area (Å²) in [4.78, 5) is 5.73. The van der Waals surface area contributed by atoms with Gasteiger partial charge in [0.1, 0.15) is 11.5 Å². The molecule has 1 N–H and O–H groups in total. The maximum atomic E-state index is 5.46. The van der Waals surface area contributed by atoms with Crippen LogP contribution in [0.2, 0.25) is 0 Å². The Bertz CT molecular complexity index is 777. The summed E-state index contributed by atoms with van der Waals surface area (Å²) in [6.07, 6.45) is 3.23. The van der Waals surface area contributed by atoms with Crippen LogP contribution in [0, 0.1) is 6.92 Å². The average molecular weight is 327 g/mol. The zero-order chi connectivity index (χ0) is 16.1. The molecule has 2 aromatic heterocycles. The van der Waals surface area contributed by atoms with E-state index in [1.54, 1.807) is 23.8 Å². The first kappa shape index (κ1) is 15.3. The van der Waals surface area contributed by atoms with Gasteiger partial charge in [-0.05, 0) is 50.2 Å². The van der Waals surface area contributed by atoms with E-state index in [2.05, 4.69) is 15.5 Å². The standard InChI is InChI=1S/C17H17N3O2S/c1-3-21-14-8-6-13(7-9-14)16-12(2)23-17(19-16)20-18-11-15-5-4-10-22-15/h4-11H,3H2,1-2H3,(H,19,20)/b18-11+. The molecule has 0 saturated heterocycles. The molecule has 5 nitrogen and oxygen atoms in total. The maximum absolute atomic E-state index is 5.46. The molecule has 1 aromatic carbocycles. The Balaban J connectivity index is 1.72. The molecule has 0 saturated carbocycles. The number of furan rings is 1. The quantitative estimate of drug-likeness (QED) is 0.533. The van der Waals surface area contributed by atoms with Crippen molar-refractivity contribution in [3.8, 4) is 17.0 Å². The molecule has 3 rings (SSSR count). The van der Waals surface area contributed by atoms with Gasteiger partial charge in [-0.25, -0.2) is 4.98 Å². The van der Waals surface area contributed by atoms with E-state index in [-0.39, 0.29) is 0 Å². The molecule has 0 aliphatic carbocycles. The van der Waals surface area contributed by atoms with Crippen LogP contribution in [0.15, 0.2) is 52.2 Å². The Labute approximate surface area is 138 Å². The van der Waals surface area contributed by atoms with E-state index in [9.17, 15) is 0 Å². The molecule has 2 heterocycles. The molecule has 0 radical (unpaired) electrons. The minimum absolute atomic E-state index is 0.664. The van der Waals surface area contributed by atoms with Gasteiger partial charge >= 0.3 is 0 Å². The lowest BCUT2D eigenvalue weighted by Crippen LogP contribution is -1.91. The number of benzene rings is 1. The minimum Gasteiger partial charge on any atom is -0.494 e. The maximum Gasteiger partial charge on any atom is 0.204 e. The van der Waals surface area contributed by atoms with Crippen LogP contribution in [0.5, 0.6) is 5.75 Å². The van der Waals surface area contributed by atoms with Crippen LogP contribution in [-0.2, 0) is 0 Å². The van der Waals surface area contributed by atoms with Gasteiger partial charge in [-0.15, -0.1) is 11.3 Å². The number of aromatic nitrogens is 1. The SMILES string of the molecule is CCOc1ccc(-c2nc(N/N=C/c3ccco3)sc2C)cc1. The van der Waals surface area contributed by atoms with E-state index in [1.807, 2.05) is 50.2 Å². The van der Waals surface area contributed by atoms with E-state index in [0.29, 0.717) is 12.4 Å². The number of rotatable bonds is 6. The van der Waals surface area contributed by atoms with E-state index in [1.165, 1.54) is 0 Å². The largest absolute Gasteiger partial charge is 0.494 e. The van der Waals surface area contributed by atoms with Crippen LogP contribution in [0.4, 0.5) is 5.13 Å². The molecule has 118 valence electrons. The van der Waals surface area contributed by atoms with Gasteiger partial charge in [0.05, 0.1) is 24.8 Å². The van der Waals surface area contributed by atoms with Crippen LogP contribution in [-0.4, -0.2) is 17.8 Å². The summed E-state index contributed by atoms with van der Waals surface area (Å²) in [5.41, 5.74) is 4.95. The number of hydrogen-bond acceptors (Lipinski definition) is 6. The number of nitrogens with zero attached hydrogens (tertiary/aromatic N) is 2. The molecule has 0 bridgehead atoms. The molecule has 0 fully saturated rings. The van der Waals surface area contributed by atoms with Crippen LogP contribution in [0.1, 0.15) is 17.6 Å². The predicted octanol–water partition coefficient (Wildman–Crippen LogP) is 4.56. The van der Waals surface area contributed by atoms with E-state index in [4.69, 9.17) is 9.15 Å². The number of thiazole rings is 1. The van der Waals surface area contributed by atoms with Gasteiger partial charge in [-0.2, -0.15) is 5.10 Å². The van der Waals surface area contributed by atoms with Crippen molar-refractivity contribution in [3.05, 3.63) is 53.3 Å². The Morgan fingerprint density at radius 2 is 2.13 bits per heavy atom. The number of anilines is 1. The van der Waals surface area contributed by atoms with Gasteiger partial charge in [-0.1, -0.05) is 0 Å². The summed E-state index contributed by atoms with van der Waals surface area (Å²) in [5.74, 6) is 1.56. The highest BCUT2D eigenvalue weighted by atomic mass is 32.1. The Hall–Kier alpha value is -2.60. The second-order valence-electron chi connectivity index (χ2n) is 4.77. The lowest BCUT2D eigenvalue weighted by molar-refractivity contribution is 0.340. The fraction of sp³-hybridized carbons (Fsp3) is 0.176. The second-order valence-corrected chi connectivity index (χ2v) is 5.97. The summed E-state index contributed by atoms with van der Waals surface area (Å²) in [5, 5.41) is 4.87. The molecule has 6 heteroatoms. The molecule has 0 unspecified atom stereocenters. The first-order valence-corrected chi connectivity index (χ1v) is 8.11. The Morgan fingerprint density at radius 3 is 2.83 bits per heavy atom. The number of aryl methyl sites for hydroxylation is 1. The summed E-state index contributed by atoms with van der Waals surface area (Å²) in [6, 6.07) is 11.6.